The lowest BCUT2D eigenvalue weighted by molar-refractivity contribution is 0.0277. The summed E-state index contributed by atoms with van der Waals surface area (Å²) in [6.45, 7) is 2.26. The number of methoxy groups -OCH3 is 1. The number of carbonyl (C=O) groups is 1. The molecule has 7 heteroatoms. The number of halogens is 1. The third-order valence-corrected chi connectivity index (χ3v) is 4.16. The second-order valence-corrected chi connectivity index (χ2v) is 6.14. The number of carbonyl (C=O) groups excluding carboxylic acids is 1. The number of nitrogens with zero attached hydrogens (tertiary/aromatic N) is 1. The number of anilines is 1. The minimum Gasteiger partial charge on any atom is -0.495 e. The predicted octanol–water partition coefficient (Wildman–Crippen LogP) is 2.77. The Kier molecular flexibility index (Phi) is 5.44. The van der Waals surface area contributed by atoms with Gasteiger partial charge >= 0.3 is 0 Å². The maximum atomic E-state index is 12.4. The topological polar surface area (TPSA) is 72.5 Å². The third kappa shape index (κ3) is 3.92. The lowest BCUT2D eigenvalue weighted by atomic mass is 10.1. The van der Waals surface area contributed by atoms with Gasteiger partial charge in [-0.05, 0) is 45.8 Å². The van der Waals surface area contributed by atoms with Crippen molar-refractivity contribution in [2.45, 2.75) is 6.10 Å². The van der Waals surface area contributed by atoms with Crippen LogP contribution in [0, 0.1) is 0 Å². The largest absolute Gasteiger partial charge is 0.495 e. The van der Waals surface area contributed by atoms with Crippen LogP contribution in [-0.2, 0) is 4.74 Å². The number of amides is 1. The van der Waals surface area contributed by atoms with Crippen LogP contribution in [0.1, 0.15) is 22.2 Å². The molecule has 1 saturated heterocycles. The number of hydrogen-bond acceptors (Lipinski definition) is 5. The highest BCUT2D eigenvalue weighted by molar-refractivity contribution is 9.10. The van der Waals surface area contributed by atoms with Gasteiger partial charge in [0.2, 0.25) is 0 Å². The summed E-state index contributed by atoms with van der Waals surface area (Å²) in [5, 5.41) is 6.16. The summed E-state index contributed by atoms with van der Waals surface area (Å²) in [5.41, 5.74) is 1.91. The molecule has 1 amide bonds. The zero-order valence-corrected chi connectivity index (χ0v) is 14.8. The van der Waals surface area contributed by atoms with Gasteiger partial charge in [0.25, 0.3) is 5.91 Å². The smallest absolute Gasteiger partial charge is 0.274 e. The number of morpholine rings is 1. The summed E-state index contributed by atoms with van der Waals surface area (Å²) in [7, 11) is 1.57. The summed E-state index contributed by atoms with van der Waals surface area (Å²) in [5.74, 6) is 0.292. The Hall–Kier alpha value is -1.96. The minimum absolute atomic E-state index is 0.0377. The highest BCUT2D eigenvalue weighted by atomic mass is 79.9. The number of benzene rings is 1. The minimum atomic E-state index is -0.297. The summed E-state index contributed by atoms with van der Waals surface area (Å²) in [4.78, 5) is 16.6. The Bertz CT molecular complexity index is 733. The van der Waals surface area contributed by atoms with Crippen LogP contribution in [0.5, 0.6) is 5.75 Å². The normalized spacial score (nSPS) is 17.3. The summed E-state index contributed by atoms with van der Waals surface area (Å²) in [6.07, 6.45) is -0.0377. The molecule has 1 fully saturated rings. The Labute approximate surface area is 148 Å². The molecule has 2 N–H and O–H groups in total. The Morgan fingerprint density at radius 3 is 3.00 bits per heavy atom. The lowest BCUT2D eigenvalue weighted by Crippen LogP contribution is -2.33. The van der Waals surface area contributed by atoms with Crippen molar-refractivity contribution < 1.29 is 14.3 Å². The molecule has 1 aliphatic heterocycles. The van der Waals surface area contributed by atoms with Crippen LogP contribution in [0.4, 0.5) is 5.69 Å². The Balaban J connectivity index is 1.83. The van der Waals surface area contributed by atoms with Gasteiger partial charge in [0.1, 0.15) is 16.0 Å². The Morgan fingerprint density at radius 2 is 2.29 bits per heavy atom. The first-order valence-electron chi connectivity index (χ1n) is 7.61. The summed E-state index contributed by atoms with van der Waals surface area (Å²) >= 11 is 3.27. The van der Waals surface area contributed by atoms with Crippen molar-refractivity contribution in [1.29, 1.82) is 0 Å². The van der Waals surface area contributed by atoms with Gasteiger partial charge in [-0.1, -0.05) is 12.1 Å². The lowest BCUT2D eigenvalue weighted by Gasteiger charge is -2.24. The number of hydrogen-bond donors (Lipinski definition) is 2. The van der Waals surface area contributed by atoms with Crippen LogP contribution in [0.3, 0.4) is 0 Å². The van der Waals surface area contributed by atoms with E-state index in [2.05, 4.69) is 31.5 Å². The van der Waals surface area contributed by atoms with Gasteiger partial charge in [-0.25, -0.2) is 4.98 Å². The van der Waals surface area contributed by atoms with Crippen LogP contribution in [0.25, 0.3) is 0 Å². The molecule has 0 bridgehead atoms. The predicted molar refractivity (Wildman–Crippen MR) is 94.4 cm³/mol. The average molecular weight is 392 g/mol. The monoisotopic (exact) mass is 391 g/mol. The SMILES string of the molecule is COc1ccc(C2CNCCO2)cc1NC(=O)c1cccc(Br)n1. The van der Waals surface area contributed by atoms with Gasteiger partial charge < -0.3 is 20.1 Å². The van der Waals surface area contributed by atoms with E-state index < -0.39 is 0 Å². The number of ether oxygens (including phenoxy) is 2. The summed E-state index contributed by atoms with van der Waals surface area (Å²) in [6, 6.07) is 10.9. The first-order chi connectivity index (χ1) is 11.7. The molecule has 2 heterocycles. The van der Waals surface area contributed by atoms with Crippen molar-refractivity contribution in [3.05, 3.63) is 52.3 Å². The molecule has 6 nitrogen and oxygen atoms in total. The molecule has 1 aliphatic rings. The highest BCUT2D eigenvalue weighted by Gasteiger charge is 2.18. The number of nitrogens with one attached hydrogen (secondary N) is 2. The number of rotatable bonds is 4. The molecule has 1 aromatic carbocycles. The van der Waals surface area contributed by atoms with Crippen molar-refractivity contribution in [3.63, 3.8) is 0 Å². The van der Waals surface area contributed by atoms with Crippen LogP contribution in [-0.4, -0.2) is 37.7 Å². The summed E-state index contributed by atoms with van der Waals surface area (Å²) < 4.78 is 11.7. The van der Waals surface area contributed by atoms with E-state index in [0.29, 0.717) is 28.3 Å². The van der Waals surface area contributed by atoms with Gasteiger partial charge in [-0.15, -0.1) is 0 Å². The second-order valence-electron chi connectivity index (χ2n) is 5.32. The van der Waals surface area contributed by atoms with Crippen LogP contribution in [0.2, 0.25) is 0 Å². The molecule has 0 aliphatic carbocycles. The average Bonchev–Trinajstić information content (AvgIpc) is 2.62. The zero-order valence-electron chi connectivity index (χ0n) is 13.2. The maximum Gasteiger partial charge on any atom is 0.274 e. The van der Waals surface area contributed by atoms with Crippen molar-refractivity contribution in [1.82, 2.24) is 10.3 Å². The number of aromatic nitrogens is 1. The number of pyridine rings is 1. The second kappa shape index (κ2) is 7.74. The van der Waals surface area contributed by atoms with Crippen molar-refractivity contribution in [2.75, 3.05) is 32.1 Å². The molecule has 0 spiro atoms. The fourth-order valence-electron chi connectivity index (χ4n) is 2.52. The molecule has 3 rings (SSSR count). The zero-order chi connectivity index (χ0) is 16.9. The molecule has 0 radical (unpaired) electrons. The van der Waals surface area contributed by atoms with E-state index >= 15 is 0 Å². The third-order valence-electron chi connectivity index (χ3n) is 3.72. The fourth-order valence-corrected chi connectivity index (χ4v) is 2.87. The van der Waals surface area contributed by atoms with Crippen LogP contribution in [0.15, 0.2) is 41.0 Å². The van der Waals surface area contributed by atoms with E-state index in [4.69, 9.17) is 9.47 Å². The maximum absolute atomic E-state index is 12.4. The molecule has 126 valence electrons. The molecule has 24 heavy (non-hydrogen) atoms. The molecule has 1 atom stereocenters. The molecule has 0 saturated carbocycles. The van der Waals surface area contributed by atoms with Gasteiger partial charge in [-0.3, -0.25) is 4.79 Å². The van der Waals surface area contributed by atoms with E-state index in [1.165, 1.54) is 0 Å². The first-order valence-corrected chi connectivity index (χ1v) is 8.41. The van der Waals surface area contributed by atoms with E-state index in [1.54, 1.807) is 25.3 Å². The molecular weight excluding hydrogens is 374 g/mol. The van der Waals surface area contributed by atoms with Gasteiger partial charge in [0.15, 0.2) is 0 Å². The van der Waals surface area contributed by atoms with E-state index in [-0.39, 0.29) is 12.0 Å². The van der Waals surface area contributed by atoms with E-state index in [1.807, 2.05) is 18.2 Å². The Morgan fingerprint density at radius 1 is 1.42 bits per heavy atom. The van der Waals surface area contributed by atoms with Crippen LogP contribution >= 0.6 is 15.9 Å². The van der Waals surface area contributed by atoms with Crippen molar-refractivity contribution >= 4 is 27.5 Å². The quantitative estimate of drug-likeness (QED) is 0.783. The van der Waals surface area contributed by atoms with E-state index in [9.17, 15) is 4.79 Å². The van der Waals surface area contributed by atoms with Crippen molar-refractivity contribution in [2.24, 2.45) is 0 Å². The van der Waals surface area contributed by atoms with Crippen molar-refractivity contribution in [3.8, 4) is 5.75 Å². The highest BCUT2D eigenvalue weighted by Crippen LogP contribution is 2.30. The standard InChI is InChI=1S/C17H18BrN3O3/c1-23-14-6-5-11(15-10-19-7-8-24-15)9-13(14)21-17(22)12-3-2-4-16(18)20-12/h2-6,9,15,19H,7-8,10H2,1H3,(H,21,22). The van der Waals surface area contributed by atoms with Gasteiger partial charge in [0.05, 0.1) is 25.5 Å². The van der Waals surface area contributed by atoms with Gasteiger partial charge in [-0.2, -0.15) is 0 Å². The fraction of sp³-hybridized carbons (Fsp3) is 0.294. The van der Waals surface area contributed by atoms with E-state index in [0.717, 1.165) is 18.7 Å². The van der Waals surface area contributed by atoms with Gasteiger partial charge in [0, 0.05) is 13.1 Å². The molecule has 2 aromatic rings. The molecular formula is C17H18BrN3O3. The molecule has 1 aromatic heterocycles. The molecule has 1 unspecified atom stereocenters. The first kappa shape index (κ1) is 16.9. The van der Waals surface area contributed by atoms with Crippen LogP contribution < -0.4 is 15.4 Å².